The maximum atomic E-state index is 12.3. The second-order valence-electron chi connectivity index (χ2n) is 2.15. The van der Waals surface area contributed by atoms with E-state index in [0.717, 1.165) is 6.20 Å². The third-order valence-electron chi connectivity index (χ3n) is 1.38. The molecule has 1 heterocycles. The molecule has 0 aliphatic rings. The standard InChI is InChI=1S/C7H5ClF2INO/c1-13-7-5(11)4(8)3(2-12-7)6(9)10/h2,6H,1H3. The Kier molecular flexibility index (Phi) is 3.66. The Morgan fingerprint density at radius 1 is 1.62 bits per heavy atom. The number of pyridine rings is 1. The summed E-state index contributed by atoms with van der Waals surface area (Å²) in [5, 5.41) is 0.00227. The Morgan fingerprint density at radius 3 is 2.69 bits per heavy atom. The van der Waals surface area contributed by atoms with E-state index in [-0.39, 0.29) is 16.5 Å². The number of nitrogens with zero attached hydrogens (tertiary/aromatic N) is 1. The van der Waals surface area contributed by atoms with Crippen molar-refractivity contribution in [3.8, 4) is 5.88 Å². The van der Waals surface area contributed by atoms with E-state index in [4.69, 9.17) is 16.3 Å². The fourth-order valence-electron chi connectivity index (χ4n) is 0.757. The van der Waals surface area contributed by atoms with E-state index in [1.165, 1.54) is 7.11 Å². The molecule has 1 aromatic rings. The van der Waals surface area contributed by atoms with Crippen LogP contribution in [0.25, 0.3) is 0 Å². The highest BCUT2D eigenvalue weighted by Crippen LogP contribution is 2.33. The molecule has 0 aliphatic carbocycles. The van der Waals surface area contributed by atoms with Crippen LogP contribution in [0.5, 0.6) is 5.88 Å². The van der Waals surface area contributed by atoms with Crippen molar-refractivity contribution in [2.24, 2.45) is 0 Å². The smallest absolute Gasteiger partial charge is 0.266 e. The first-order valence-electron chi connectivity index (χ1n) is 3.24. The van der Waals surface area contributed by atoms with Crippen molar-refractivity contribution >= 4 is 34.2 Å². The maximum Gasteiger partial charge on any atom is 0.266 e. The summed E-state index contributed by atoms with van der Waals surface area (Å²) < 4.78 is 29.8. The summed E-state index contributed by atoms with van der Waals surface area (Å²) in [5.41, 5.74) is -0.271. The van der Waals surface area contributed by atoms with Crippen LogP contribution in [0.15, 0.2) is 6.20 Å². The summed E-state index contributed by atoms with van der Waals surface area (Å²) in [7, 11) is 1.41. The van der Waals surface area contributed by atoms with Gasteiger partial charge in [0.1, 0.15) is 0 Å². The molecule has 0 aromatic carbocycles. The molecule has 0 radical (unpaired) electrons. The van der Waals surface area contributed by atoms with Gasteiger partial charge in [-0.05, 0) is 22.6 Å². The number of hydrogen-bond acceptors (Lipinski definition) is 2. The van der Waals surface area contributed by atoms with Crippen LogP contribution in [0.4, 0.5) is 8.78 Å². The molecule has 0 fully saturated rings. The maximum absolute atomic E-state index is 12.3. The molecule has 0 unspecified atom stereocenters. The van der Waals surface area contributed by atoms with E-state index in [1.807, 2.05) is 22.6 Å². The SMILES string of the molecule is COc1ncc(C(F)F)c(Cl)c1I. The van der Waals surface area contributed by atoms with Crippen LogP contribution in [-0.2, 0) is 0 Å². The Morgan fingerprint density at radius 2 is 2.23 bits per heavy atom. The number of ether oxygens (including phenoxy) is 1. The third kappa shape index (κ3) is 2.19. The van der Waals surface area contributed by atoms with Gasteiger partial charge in [0.25, 0.3) is 6.43 Å². The van der Waals surface area contributed by atoms with Gasteiger partial charge in [0.05, 0.1) is 21.3 Å². The zero-order valence-electron chi connectivity index (χ0n) is 6.52. The Hall–Kier alpha value is -0.170. The van der Waals surface area contributed by atoms with Crippen molar-refractivity contribution in [3.63, 3.8) is 0 Å². The molecule has 1 rings (SSSR count). The van der Waals surface area contributed by atoms with Crippen molar-refractivity contribution in [3.05, 3.63) is 20.4 Å². The van der Waals surface area contributed by atoms with Gasteiger partial charge >= 0.3 is 0 Å². The van der Waals surface area contributed by atoms with Crippen LogP contribution >= 0.6 is 34.2 Å². The fourth-order valence-corrected chi connectivity index (χ4v) is 1.64. The van der Waals surface area contributed by atoms with Gasteiger partial charge in [-0.2, -0.15) is 0 Å². The fraction of sp³-hybridized carbons (Fsp3) is 0.286. The minimum Gasteiger partial charge on any atom is -0.480 e. The Balaban J connectivity index is 3.23. The minimum absolute atomic E-state index is 0.00227. The zero-order valence-corrected chi connectivity index (χ0v) is 9.44. The van der Waals surface area contributed by atoms with Gasteiger partial charge in [-0.25, -0.2) is 13.8 Å². The van der Waals surface area contributed by atoms with Gasteiger partial charge < -0.3 is 4.74 Å². The molecule has 0 bridgehead atoms. The average molecular weight is 319 g/mol. The normalized spacial score (nSPS) is 10.6. The molecule has 0 aliphatic heterocycles. The summed E-state index contributed by atoms with van der Waals surface area (Å²) in [6.07, 6.45) is -1.59. The topological polar surface area (TPSA) is 22.1 Å². The number of aromatic nitrogens is 1. The second-order valence-corrected chi connectivity index (χ2v) is 3.61. The number of alkyl halides is 2. The summed E-state index contributed by atoms with van der Waals surface area (Å²) in [6.45, 7) is 0. The first-order chi connectivity index (χ1) is 6.07. The molecule has 0 amide bonds. The number of methoxy groups -OCH3 is 1. The minimum atomic E-state index is -2.61. The molecular formula is C7H5ClF2INO. The quantitative estimate of drug-likeness (QED) is 0.781. The van der Waals surface area contributed by atoms with Crippen molar-refractivity contribution in [1.82, 2.24) is 4.98 Å². The predicted octanol–water partition coefficient (Wildman–Crippen LogP) is 3.29. The Bertz CT molecular complexity index is 322. The van der Waals surface area contributed by atoms with E-state index in [2.05, 4.69) is 4.98 Å². The summed E-state index contributed by atoms with van der Waals surface area (Å²) in [5.74, 6) is 0.259. The largest absolute Gasteiger partial charge is 0.480 e. The molecule has 0 saturated heterocycles. The van der Waals surface area contributed by atoms with Gasteiger partial charge in [-0.3, -0.25) is 0 Å². The molecular weight excluding hydrogens is 314 g/mol. The van der Waals surface area contributed by atoms with Crippen molar-refractivity contribution < 1.29 is 13.5 Å². The first kappa shape index (κ1) is 10.9. The molecule has 0 saturated carbocycles. The van der Waals surface area contributed by atoms with Gasteiger partial charge in [-0.1, -0.05) is 11.6 Å². The van der Waals surface area contributed by atoms with E-state index >= 15 is 0 Å². The van der Waals surface area contributed by atoms with Crippen LogP contribution in [-0.4, -0.2) is 12.1 Å². The summed E-state index contributed by atoms with van der Waals surface area (Å²) >= 11 is 7.48. The van der Waals surface area contributed by atoms with E-state index in [1.54, 1.807) is 0 Å². The number of rotatable bonds is 2. The molecule has 6 heteroatoms. The van der Waals surface area contributed by atoms with Gasteiger partial charge in [0, 0.05) is 6.20 Å². The van der Waals surface area contributed by atoms with E-state index < -0.39 is 6.43 Å². The Labute approximate surface area is 92.4 Å². The van der Waals surface area contributed by atoms with Crippen LogP contribution in [0, 0.1) is 3.57 Å². The lowest BCUT2D eigenvalue weighted by Crippen LogP contribution is -1.96. The highest BCUT2D eigenvalue weighted by molar-refractivity contribution is 14.1. The van der Waals surface area contributed by atoms with Crippen molar-refractivity contribution in [2.75, 3.05) is 7.11 Å². The monoisotopic (exact) mass is 319 g/mol. The lowest BCUT2D eigenvalue weighted by molar-refractivity contribution is 0.151. The van der Waals surface area contributed by atoms with Gasteiger partial charge in [0.2, 0.25) is 5.88 Å². The lowest BCUT2D eigenvalue weighted by Gasteiger charge is -2.07. The van der Waals surface area contributed by atoms with E-state index in [0.29, 0.717) is 3.57 Å². The van der Waals surface area contributed by atoms with Gasteiger partial charge in [0.15, 0.2) is 0 Å². The molecule has 13 heavy (non-hydrogen) atoms. The second kappa shape index (κ2) is 4.36. The molecule has 0 atom stereocenters. The summed E-state index contributed by atoms with van der Waals surface area (Å²) in [4.78, 5) is 3.68. The lowest BCUT2D eigenvalue weighted by atomic mass is 10.3. The van der Waals surface area contributed by atoms with Crippen molar-refractivity contribution in [1.29, 1.82) is 0 Å². The predicted molar refractivity (Wildman–Crippen MR) is 53.5 cm³/mol. The molecule has 2 nitrogen and oxygen atoms in total. The highest BCUT2D eigenvalue weighted by atomic mass is 127. The molecule has 72 valence electrons. The van der Waals surface area contributed by atoms with Crippen LogP contribution in [0.2, 0.25) is 5.02 Å². The zero-order chi connectivity index (χ0) is 10.0. The molecule has 1 aromatic heterocycles. The first-order valence-corrected chi connectivity index (χ1v) is 4.69. The molecule has 0 N–H and O–H groups in total. The van der Waals surface area contributed by atoms with Gasteiger partial charge in [-0.15, -0.1) is 0 Å². The highest BCUT2D eigenvalue weighted by Gasteiger charge is 2.17. The number of hydrogen-bond donors (Lipinski definition) is 0. The van der Waals surface area contributed by atoms with Crippen molar-refractivity contribution in [2.45, 2.75) is 6.43 Å². The third-order valence-corrected chi connectivity index (χ3v) is 3.11. The van der Waals surface area contributed by atoms with Crippen LogP contribution in [0.1, 0.15) is 12.0 Å². The van der Waals surface area contributed by atoms with Crippen LogP contribution < -0.4 is 4.74 Å². The summed E-state index contributed by atoms with van der Waals surface area (Å²) in [6, 6.07) is 0. The molecule has 0 spiro atoms. The average Bonchev–Trinajstić information content (AvgIpc) is 2.09. The van der Waals surface area contributed by atoms with E-state index in [9.17, 15) is 8.78 Å². The van der Waals surface area contributed by atoms with Crippen LogP contribution in [0.3, 0.4) is 0 Å². The number of halogens is 4.